The second-order valence-electron chi connectivity index (χ2n) is 2.87. The Morgan fingerprint density at radius 2 is 2.07 bits per heavy atom. The smallest absolute Gasteiger partial charge is 0.230 e. The molecule has 0 bridgehead atoms. The van der Waals surface area contributed by atoms with Crippen molar-refractivity contribution in [2.75, 3.05) is 19.1 Å². The van der Waals surface area contributed by atoms with Gasteiger partial charge in [-0.15, -0.1) is 0 Å². The van der Waals surface area contributed by atoms with Crippen molar-refractivity contribution in [1.82, 2.24) is 0 Å². The predicted molar refractivity (Wildman–Crippen MR) is 51.5 cm³/mol. The molecular formula is C10H11NO3. The van der Waals surface area contributed by atoms with E-state index in [0.717, 1.165) is 11.4 Å². The molecule has 4 nitrogen and oxygen atoms in total. The molecule has 74 valence electrons. The third-order valence-corrected chi connectivity index (χ3v) is 1.79. The summed E-state index contributed by atoms with van der Waals surface area (Å²) in [7, 11) is 0. The topological polar surface area (TPSA) is 53.7 Å². The van der Waals surface area contributed by atoms with Gasteiger partial charge in [0.1, 0.15) is 18.6 Å². The number of nitrogen functional groups attached to an aromatic ring is 1. The molecule has 4 heteroatoms. The highest BCUT2D eigenvalue weighted by atomic mass is 16.7. The van der Waals surface area contributed by atoms with E-state index < -0.39 is 0 Å². The maximum Gasteiger partial charge on any atom is 0.230 e. The van der Waals surface area contributed by atoms with Gasteiger partial charge in [-0.05, 0) is 24.3 Å². The van der Waals surface area contributed by atoms with E-state index in [2.05, 4.69) is 0 Å². The van der Waals surface area contributed by atoms with Crippen molar-refractivity contribution in [2.24, 2.45) is 0 Å². The van der Waals surface area contributed by atoms with Gasteiger partial charge in [0.15, 0.2) is 5.76 Å². The lowest BCUT2D eigenvalue weighted by molar-refractivity contribution is 0.0713. The highest BCUT2D eigenvalue weighted by Crippen LogP contribution is 2.15. The molecule has 0 amide bonds. The lowest BCUT2D eigenvalue weighted by atomic mass is 10.3. The van der Waals surface area contributed by atoms with Crippen LogP contribution >= 0.6 is 0 Å². The minimum Gasteiger partial charge on any atom is -0.486 e. The van der Waals surface area contributed by atoms with E-state index in [-0.39, 0.29) is 6.79 Å². The first-order valence-corrected chi connectivity index (χ1v) is 4.26. The van der Waals surface area contributed by atoms with Crippen molar-refractivity contribution in [1.29, 1.82) is 0 Å². The van der Waals surface area contributed by atoms with Crippen LogP contribution in [0.25, 0.3) is 0 Å². The van der Waals surface area contributed by atoms with E-state index in [1.54, 1.807) is 18.4 Å². The largest absolute Gasteiger partial charge is 0.486 e. The highest BCUT2D eigenvalue weighted by molar-refractivity contribution is 5.41. The molecule has 14 heavy (non-hydrogen) atoms. The van der Waals surface area contributed by atoms with Crippen LogP contribution in [0.15, 0.2) is 36.3 Å². The van der Waals surface area contributed by atoms with Crippen LogP contribution in [-0.2, 0) is 9.47 Å². The summed E-state index contributed by atoms with van der Waals surface area (Å²) in [4.78, 5) is 0. The number of nitrogens with two attached hydrogens (primary N) is 1. The third-order valence-electron chi connectivity index (χ3n) is 1.79. The standard InChI is InChI=1S/C10H11NO3/c11-8-1-3-9(4-2-8)13-6-10-5-12-7-14-10/h1-5H,6-7,11H2. The zero-order chi connectivity index (χ0) is 9.80. The maximum atomic E-state index is 5.53. The molecule has 0 radical (unpaired) electrons. The number of ether oxygens (including phenoxy) is 3. The number of rotatable bonds is 3. The van der Waals surface area contributed by atoms with Gasteiger partial charge in [0, 0.05) is 5.69 Å². The molecular weight excluding hydrogens is 182 g/mol. The van der Waals surface area contributed by atoms with Gasteiger partial charge in [-0.2, -0.15) is 0 Å². The fourth-order valence-corrected chi connectivity index (χ4v) is 1.06. The SMILES string of the molecule is Nc1ccc(OCC2=COCO2)cc1. The Morgan fingerprint density at radius 3 is 2.71 bits per heavy atom. The van der Waals surface area contributed by atoms with Gasteiger partial charge >= 0.3 is 0 Å². The average Bonchev–Trinajstić information content (AvgIpc) is 2.70. The highest BCUT2D eigenvalue weighted by Gasteiger charge is 2.06. The molecule has 2 N–H and O–H groups in total. The van der Waals surface area contributed by atoms with Crippen LogP contribution < -0.4 is 10.5 Å². The van der Waals surface area contributed by atoms with E-state index in [1.807, 2.05) is 12.1 Å². The minimum atomic E-state index is 0.278. The van der Waals surface area contributed by atoms with Crippen molar-refractivity contribution in [3.8, 4) is 5.75 Å². The summed E-state index contributed by atoms with van der Waals surface area (Å²) in [6, 6.07) is 7.20. The van der Waals surface area contributed by atoms with Gasteiger partial charge in [-0.1, -0.05) is 0 Å². The maximum absolute atomic E-state index is 5.53. The van der Waals surface area contributed by atoms with E-state index in [0.29, 0.717) is 12.4 Å². The summed E-state index contributed by atoms with van der Waals surface area (Å²) in [6.45, 7) is 0.657. The van der Waals surface area contributed by atoms with Crippen molar-refractivity contribution in [2.45, 2.75) is 0 Å². The van der Waals surface area contributed by atoms with Crippen LogP contribution in [0.2, 0.25) is 0 Å². The zero-order valence-electron chi connectivity index (χ0n) is 7.60. The van der Waals surface area contributed by atoms with Crippen LogP contribution in [0.3, 0.4) is 0 Å². The summed E-state index contributed by atoms with van der Waals surface area (Å²) in [5.74, 6) is 1.46. The Kier molecular flexibility index (Phi) is 2.44. The van der Waals surface area contributed by atoms with Crippen molar-refractivity contribution < 1.29 is 14.2 Å². The zero-order valence-corrected chi connectivity index (χ0v) is 7.60. The van der Waals surface area contributed by atoms with Gasteiger partial charge < -0.3 is 19.9 Å². The molecule has 1 aromatic carbocycles. The van der Waals surface area contributed by atoms with Gasteiger partial charge in [0.25, 0.3) is 0 Å². The molecule has 0 unspecified atom stereocenters. The van der Waals surface area contributed by atoms with Crippen LogP contribution in [0.5, 0.6) is 5.75 Å². The Labute approximate surface area is 81.9 Å². The normalized spacial score (nSPS) is 14.1. The quantitative estimate of drug-likeness (QED) is 0.739. The molecule has 1 aromatic rings. The molecule has 0 aromatic heterocycles. The second-order valence-corrected chi connectivity index (χ2v) is 2.87. The van der Waals surface area contributed by atoms with Gasteiger partial charge in [0.05, 0.1) is 0 Å². The van der Waals surface area contributed by atoms with E-state index in [4.69, 9.17) is 19.9 Å². The summed E-state index contributed by atoms with van der Waals surface area (Å²) in [5.41, 5.74) is 6.25. The van der Waals surface area contributed by atoms with Gasteiger partial charge in [-0.25, -0.2) is 0 Å². The molecule has 2 rings (SSSR count). The Hall–Kier alpha value is -1.84. The first-order valence-electron chi connectivity index (χ1n) is 4.26. The Bertz CT molecular complexity index is 332. The number of benzene rings is 1. The van der Waals surface area contributed by atoms with Gasteiger partial charge in [0.2, 0.25) is 6.79 Å². The monoisotopic (exact) mass is 193 g/mol. The molecule has 1 aliphatic rings. The first kappa shape index (κ1) is 8.74. The first-order chi connectivity index (χ1) is 6.84. The van der Waals surface area contributed by atoms with Crippen molar-refractivity contribution >= 4 is 5.69 Å². The van der Waals surface area contributed by atoms with Crippen LogP contribution in [0.4, 0.5) is 5.69 Å². The van der Waals surface area contributed by atoms with E-state index >= 15 is 0 Å². The number of anilines is 1. The van der Waals surface area contributed by atoms with Crippen molar-refractivity contribution in [3.05, 3.63) is 36.3 Å². The van der Waals surface area contributed by atoms with Crippen molar-refractivity contribution in [3.63, 3.8) is 0 Å². The Morgan fingerprint density at radius 1 is 1.29 bits per heavy atom. The fraction of sp³-hybridized carbons (Fsp3) is 0.200. The molecule has 1 heterocycles. The number of hydrogen-bond acceptors (Lipinski definition) is 4. The molecule has 0 saturated heterocycles. The van der Waals surface area contributed by atoms with Crippen LogP contribution in [-0.4, -0.2) is 13.4 Å². The number of hydrogen-bond donors (Lipinski definition) is 1. The second kappa shape index (κ2) is 3.91. The predicted octanol–water partition coefficient (Wildman–Crippen LogP) is 1.49. The third kappa shape index (κ3) is 2.10. The summed E-state index contributed by atoms with van der Waals surface area (Å²) in [6.07, 6.45) is 1.55. The molecule has 0 aliphatic carbocycles. The summed E-state index contributed by atoms with van der Waals surface area (Å²) in [5, 5.41) is 0. The molecule has 0 fully saturated rings. The van der Waals surface area contributed by atoms with Crippen LogP contribution in [0.1, 0.15) is 0 Å². The lowest BCUT2D eigenvalue weighted by Gasteiger charge is -2.05. The lowest BCUT2D eigenvalue weighted by Crippen LogP contribution is -2.01. The fourth-order valence-electron chi connectivity index (χ4n) is 1.06. The Balaban J connectivity index is 1.88. The molecule has 0 saturated carbocycles. The average molecular weight is 193 g/mol. The van der Waals surface area contributed by atoms with E-state index in [9.17, 15) is 0 Å². The summed E-state index contributed by atoms with van der Waals surface area (Å²) >= 11 is 0. The molecule has 0 atom stereocenters. The minimum absolute atomic E-state index is 0.278. The summed E-state index contributed by atoms with van der Waals surface area (Å²) < 4.78 is 15.4. The van der Waals surface area contributed by atoms with E-state index in [1.165, 1.54) is 0 Å². The molecule has 1 aliphatic heterocycles. The van der Waals surface area contributed by atoms with Gasteiger partial charge in [-0.3, -0.25) is 0 Å². The van der Waals surface area contributed by atoms with Crippen LogP contribution in [0, 0.1) is 0 Å². The molecule has 0 spiro atoms.